The SMILES string of the molecule is COCC(C)(C)c1c([C@H]2C[C@](C)(C(=O)O)C2)c2nc3[nH]ncc3cc2n1-c1ccc(F)c(F)c1. The van der Waals surface area contributed by atoms with Crippen LogP contribution in [0.15, 0.2) is 30.5 Å². The summed E-state index contributed by atoms with van der Waals surface area (Å²) in [6, 6.07) is 5.74. The molecule has 1 aromatic carbocycles. The van der Waals surface area contributed by atoms with Crippen LogP contribution < -0.4 is 0 Å². The van der Waals surface area contributed by atoms with Gasteiger partial charge in [0.15, 0.2) is 17.3 Å². The Labute approximate surface area is 194 Å². The van der Waals surface area contributed by atoms with Crippen LogP contribution in [0.3, 0.4) is 0 Å². The van der Waals surface area contributed by atoms with Gasteiger partial charge in [0.1, 0.15) is 0 Å². The Kier molecular flexibility index (Phi) is 5.02. The molecule has 0 amide bonds. The van der Waals surface area contributed by atoms with Crippen LogP contribution in [-0.2, 0) is 14.9 Å². The quantitative estimate of drug-likeness (QED) is 0.412. The molecule has 0 saturated heterocycles. The Morgan fingerprint density at radius 2 is 2.03 bits per heavy atom. The third kappa shape index (κ3) is 3.29. The maximum atomic E-state index is 14.4. The number of ether oxygens (including phenoxy) is 1. The minimum atomic E-state index is -0.948. The molecule has 178 valence electrons. The number of nitrogens with one attached hydrogen (secondary N) is 1. The lowest BCUT2D eigenvalue weighted by atomic mass is 9.60. The number of carboxylic acid groups (broad SMARTS) is 1. The second-order valence-electron chi connectivity index (χ2n) is 10.1. The summed E-state index contributed by atoms with van der Waals surface area (Å²) in [4.78, 5) is 16.7. The van der Waals surface area contributed by atoms with E-state index in [1.165, 1.54) is 12.1 Å². The number of carbonyl (C=O) groups is 1. The summed E-state index contributed by atoms with van der Waals surface area (Å²) < 4.78 is 35.6. The van der Waals surface area contributed by atoms with E-state index >= 15 is 0 Å². The number of aromatic nitrogens is 4. The van der Waals surface area contributed by atoms with Gasteiger partial charge in [-0.1, -0.05) is 13.8 Å². The molecular weight excluding hydrogens is 442 g/mol. The zero-order chi connectivity index (χ0) is 24.4. The van der Waals surface area contributed by atoms with Gasteiger partial charge in [-0.2, -0.15) is 5.10 Å². The fourth-order valence-electron chi connectivity index (χ4n) is 5.37. The number of carboxylic acids is 1. The van der Waals surface area contributed by atoms with E-state index < -0.39 is 28.4 Å². The number of aliphatic carboxylic acids is 1. The highest BCUT2D eigenvalue weighted by molar-refractivity contribution is 5.94. The molecule has 0 unspecified atom stereocenters. The van der Waals surface area contributed by atoms with Gasteiger partial charge in [-0.25, -0.2) is 13.8 Å². The van der Waals surface area contributed by atoms with Gasteiger partial charge in [-0.05, 0) is 43.9 Å². The maximum Gasteiger partial charge on any atom is 0.309 e. The Morgan fingerprint density at radius 1 is 1.29 bits per heavy atom. The summed E-state index contributed by atoms with van der Waals surface area (Å²) in [5, 5.41) is 17.5. The zero-order valence-electron chi connectivity index (χ0n) is 19.4. The summed E-state index contributed by atoms with van der Waals surface area (Å²) in [5.41, 5.74) is 2.87. The van der Waals surface area contributed by atoms with E-state index in [2.05, 4.69) is 10.2 Å². The van der Waals surface area contributed by atoms with Crippen molar-refractivity contribution < 1.29 is 23.4 Å². The first kappa shape index (κ1) is 22.5. The van der Waals surface area contributed by atoms with Gasteiger partial charge in [0.05, 0.1) is 29.3 Å². The molecule has 0 aliphatic heterocycles. The molecule has 1 aliphatic rings. The largest absolute Gasteiger partial charge is 0.481 e. The van der Waals surface area contributed by atoms with Crippen molar-refractivity contribution in [2.45, 2.75) is 44.9 Å². The Hall–Kier alpha value is -3.33. The number of fused-ring (bicyclic) bond motifs is 2. The second kappa shape index (κ2) is 7.59. The number of pyridine rings is 1. The van der Waals surface area contributed by atoms with Gasteiger partial charge in [0, 0.05) is 40.9 Å². The third-order valence-electron chi connectivity index (χ3n) is 7.01. The van der Waals surface area contributed by atoms with Crippen LogP contribution in [0.2, 0.25) is 0 Å². The first-order valence-corrected chi connectivity index (χ1v) is 11.1. The number of hydrogen-bond acceptors (Lipinski definition) is 4. The topological polar surface area (TPSA) is 93.0 Å². The molecule has 1 saturated carbocycles. The molecule has 0 spiro atoms. The fourth-order valence-corrected chi connectivity index (χ4v) is 5.37. The molecule has 5 rings (SSSR count). The standard InChI is InChI=1S/C25H26F2N4O3/c1-24(2,12-34-4)21-19(14-9-25(3,10-14)23(32)33)20-18(7-13-11-28-30-22(13)29-20)31(21)15-5-6-16(26)17(27)8-15/h5-8,11,14H,9-10,12H2,1-4H3,(H,32,33)(H,28,29,30)/t14-,25-. The van der Waals surface area contributed by atoms with Crippen molar-refractivity contribution in [3.05, 3.63) is 53.4 Å². The average Bonchev–Trinajstić information content (AvgIpc) is 3.33. The molecule has 2 N–H and O–H groups in total. The lowest BCUT2D eigenvalue weighted by molar-refractivity contribution is -0.154. The molecule has 4 aromatic rings. The number of aromatic amines is 1. The minimum absolute atomic E-state index is 0.0610. The van der Waals surface area contributed by atoms with Crippen molar-refractivity contribution in [3.8, 4) is 5.69 Å². The van der Waals surface area contributed by atoms with Gasteiger partial charge in [-0.3, -0.25) is 9.89 Å². The first-order valence-electron chi connectivity index (χ1n) is 11.1. The molecular formula is C25H26F2N4O3. The fraction of sp³-hybridized carbons (Fsp3) is 0.400. The summed E-state index contributed by atoms with van der Waals surface area (Å²) in [5.74, 6) is -2.76. The van der Waals surface area contributed by atoms with Gasteiger partial charge in [0.2, 0.25) is 0 Å². The summed E-state index contributed by atoms with van der Waals surface area (Å²) in [7, 11) is 1.62. The lowest BCUT2D eigenvalue weighted by Crippen LogP contribution is -2.41. The van der Waals surface area contributed by atoms with Gasteiger partial charge < -0.3 is 14.4 Å². The van der Waals surface area contributed by atoms with Crippen molar-refractivity contribution >= 4 is 28.0 Å². The predicted molar refractivity (Wildman–Crippen MR) is 123 cm³/mol. The van der Waals surface area contributed by atoms with Crippen LogP contribution >= 0.6 is 0 Å². The van der Waals surface area contributed by atoms with E-state index in [-0.39, 0.29) is 5.92 Å². The molecule has 1 fully saturated rings. The molecule has 3 heterocycles. The lowest BCUT2D eigenvalue weighted by Gasteiger charge is -2.43. The molecule has 1 aliphatic carbocycles. The monoisotopic (exact) mass is 468 g/mol. The Balaban J connectivity index is 1.86. The van der Waals surface area contributed by atoms with Crippen molar-refractivity contribution in [3.63, 3.8) is 0 Å². The summed E-state index contributed by atoms with van der Waals surface area (Å²) in [6.07, 6.45) is 2.57. The van der Waals surface area contributed by atoms with Crippen LogP contribution in [0.25, 0.3) is 27.8 Å². The number of nitrogens with zero attached hydrogens (tertiary/aromatic N) is 3. The van der Waals surface area contributed by atoms with E-state index in [0.717, 1.165) is 28.2 Å². The van der Waals surface area contributed by atoms with Gasteiger partial charge in [0.25, 0.3) is 0 Å². The second-order valence-corrected chi connectivity index (χ2v) is 10.1. The van der Waals surface area contributed by atoms with E-state index in [1.54, 1.807) is 20.2 Å². The minimum Gasteiger partial charge on any atom is -0.481 e. The van der Waals surface area contributed by atoms with E-state index in [1.807, 2.05) is 24.5 Å². The maximum absolute atomic E-state index is 14.4. The van der Waals surface area contributed by atoms with Crippen molar-refractivity contribution in [2.24, 2.45) is 5.41 Å². The zero-order valence-corrected chi connectivity index (χ0v) is 19.4. The highest BCUT2D eigenvalue weighted by Crippen LogP contribution is 2.55. The molecule has 3 aromatic heterocycles. The van der Waals surface area contributed by atoms with E-state index in [4.69, 9.17) is 9.72 Å². The van der Waals surface area contributed by atoms with Crippen LogP contribution in [0.4, 0.5) is 8.78 Å². The smallest absolute Gasteiger partial charge is 0.309 e. The first-order chi connectivity index (χ1) is 16.1. The number of rotatable bonds is 6. The summed E-state index contributed by atoms with van der Waals surface area (Å²) in [6.45, 7) is 6.16. The molecule has 0 radical (unpaired) electrons. The number of methoxy groups -OCH3 is 1. The van der Waals surface area contributed by atoms with Crippen molar-refractivity contribution in [1.82, 2.24) is 19.7 Å². The van der Waals surface area contributed by atoms with Gasteiger partial charge in [-0.15, -0.1) is 0 Å². The van der Waals surface area contributed by atoms with Gasteiger partial charge >= 0.3 is 5.97 Å². The number of H-pyrrole nitrogens is 1. The Bertz CT molecular complexity index is 1430. The molecule has 9 heteroatoms. The Morgan fingerprint density at radius 3 is 2.68 bits per heavy atom. The number of hydrogen-bond donors (Lipinski definition) is 2. The van der Waals surface area contributed by atoms with Crippen molar-refractivity contribution in [2.75, 3.05) is 13.7 Å². The molecule has 7 nitrogen and oxygen atoms in total. The number of benzene rings is 1. The summed E-state index contributed by atoms with van der Waals surface area (Å²) >= 11 is 0. The van der Waals surface area contributed by atoms with Crippen LogP contribution in [0.1, 0.15) is 50.8 Å². The highest BCUT2D eigenvalue weighted by atomic mass is 19.2. The molecule has 34 heavy (non-hydrogen) atoms. The van der Waals surface area contributed by atoms with Crippen LogP contribution in [-0.4, -0.2) is 44.5 Å². The number of halogens is 2. The van der Waals surface area contributed by atoms with E-state index in [0.29, 0.717) is 36.3 Å². The predicted octanol–water partition coefficient (Wildman–Crippen LogP) is 5.07. The average molecular weight is 469 g/mol. The third-order valence-corrected chi connectivity index (χ3v) is 7.01. The van der Waals surface area contributed by atoms with Crippen molar-refractivity contribution in [1.29, 1.82) is 0 Å². The van der Waals surface area contributed by atoms with Crippen LogP contribution in [0.5, 0.6) is 0 Å². The highest BCUT2D eigenvalue weighted by Gasteiger charge is 2.50. The molecule has 0 bridgehead atoms. The molecule has 0 atom stereocenters. The van der Waals surface area contributed by atoms with Crippen LogP contribution in [0, 0.1) is 17.0 Å². The normalized spacial score (nSPS) is 20.7. The van der Waals surface area contributed by atoms with E-state index in [9.17, 15) is 18.7 Å².